The van der Waals surface area contributed by atoms with Crippen molar-refractivity contribution in [2.45, 2.75) is 19.4 Å². The molecule has 0 spiro atoms. The molecular formula is C14H15BrFN3. The molecule has 1 N–H and O–H groups in total. The third kappa shape index (κ3) is 3.81. The van der Waals surface area contributed by atoms with Gasteiger partial charge < -0.3 is 5.32 Å². The third-order valence-corrected chi connectivity index (χ3v) is 3.33. The average molecular weight is 324 g/mol. The second-order valence-corrected chi connectivity index (χ2v) is 5.32. The van der Waals surface area contributed by atoms with Crippen molar-refractivity contribution in [1.82, 2.24) is 15.3 Å². The van der Waals surface area contributed by atoms with Gasteiger partial charge in [0.15, 0.2) is 0 Å². The summed E-state index contributed by atoms with van der Waals surface area (Å²) in [6.45, 7) is 1.90. The summed E-state index contributed by atoms with van der Waals surface area (Å²) in [5.74, 6) is -0.241. The first-order valence-corrected chi connectivity index (χ1v) is 6.78. The smallest absolute Gasteiger partial charge is 0.124 e. The monoisotopic (exact) mass is 323 g/mol. The van der Waals surface area contributed by atoms with Crippen LogP contribution in [0.15, 0.2) is 35.1 Å². The van der Waals surface area contributed by atoms with Crippen molar-refractivity contribution in [2.24, 2.45) is 0 Å². The Hall–Kier alpha value is -1.33. The van der Waals surface area contributed by atoms with Gasteiger partial charge in [-0.3, -0.25) is 9.97 Å². The molecule has 5 heteroatoms. The molecule has 0 aliphatic heterocycles. The van der Waals surface area contributed by atoms with E-state index in [4.69, 9.17) is 0 Å². The van der Waals surface area contributed by atoms with Gasteiger partial charge in [-0.2, -0.15) is 0 Å². The molecule has 3 nitrogen and oxygen atoms in total. The topological polar surface area (TPSA) is 37.8 Å². The number of hydrogen-bond acceptors (Lipinski definition) is 3. The van der Waals surface area contributed by atoms with E-state index >= 15 is 0 Å². The summed E-state index contributed by atoms with van der Waals surface area (Å²) in [6.07, 6.45) is 4.15. The first-order chi connectivity index (χ1) is 9.08. The molecule has 0 radical (unpaired) electrons. The molecular weight excluding hydrogens is 309 g/mol. The van der Waals surface area contributed by atoms with Crippen LogP contribution in [0.4, 0.5) is 4.39 Å². The van der Waals surface area contributed by atoms with Gasteiger partial charge in [-0.15, -0.1) is 0 Å². The van der Waals surface area contributed by atoms with Crippen molar-refractivity contribution >= 4 is 15.9 Å². The molecule has 0 bridgehead atoms. The van der Waals surface area contributed by atoms with E-state index in [-0.39, 0.29) is 11.9 Å². The van der Waals surface area contributed by atoms with Gasteiger partial charge in [-0.25, -0.2) is 4.39 Å². The van der Waals surface area contributed by atoms with Crippen LogP contribution in [0, 0.1) is 12.7 Å². The lowest BCUT2D eigenvalue weighted by molar-refractivity contribution is 0.567. The van der Waals surface area contributed by atoms with Gasteiger partial charge in [0.05, 0.1) is 23.6 Å². The van der Waals surface area contributed by atoms with E-state index in [0.29, 0.717) is 6.42 Å². The van der Waals surface area contributed by atoms with Crippen LogP contribution in [0.3, 0.4) is 0 Å². The van der Waals surface area contributed by atoms with E-state index in [1.54, 1.807) is 12.4 Å². The molecule has 0 aliphatic carbocycles. The molecule has 1 aromatic carbocycles. The number of likely N-dealkylation sites (N-methyl/N-ethyl adjacent to an activating group) is 1. The van der Waals surface area contributed by atoms with E-state index < -0.39 is 0 Å². The Morgan fingerprint density at radius 1 is 1.26 bits per heavy atom. The number of aromatic nitrogens is 2. The fraction of sp³-hybridized carbons (Fsp3) is 0.286. The highest BCUT2D eigenvalue weighted by molar-refractivity contribution is 9.10. The first-order valence-electron chi connectivity index (χ1n) is 5.99. The Kier molecular flexibility index (Phi) is 4.61. The number of benzene rings is 1. The molecule has 2 rings (SSSR count). The maximum Gasteiger partial charge on any atom is 0.124 e. The summed E-state index contributed by atoms with van der Waals surface area (Å²) in [4.78, 5) is 8.60. The standard InChI is InChI=1S/C14H15BrFN3/c1-9-7-19-14(8-18-9)13(17-2)5-10-3-11(15)6-12(16)4-10/h3-4,6-8,13,17H,5H2,1-2H3. The summed E-state index contributed by atoms with van der Waals surface area (Å²) in [5.41, 5.74) is 2.65. The van der Waals surface area contributed by atoms with Crippen LogP contribution in [-0.2, 0) is 6.42 Å². The number of aryl methyl sites for hydroxylation is 1. The van der Waals surface area contributed by atoms with E-state index in [1.807, 2.05) is 20.0 Å². The van der Waals surface area contributed by atoms with Crippen LogP contribution in [0.25, 0.3) is 0 Å². The predicted octanol–water partition coefficient (Wildman–Crippen LogP) is 3.19. The molecule has 1 heterocycles. The van der Waals surface area contributed by atoms with Gasteiger partial charge in [0.2, 0.25) is 0 Å². The van der Waals surface area contributed by atoms with Gasteiger partial charge in [0.25, 0.3) is 0 Å². The summed E-state index contributed by atoms with van der Waals surface area (Å²) in [5, 5.41) is 3.18. The summed E-state index contributed by atoms with van der Waals surface area (Å²) < 4.78 is 14.1. The fourth-order valence-corrected chi connectivity index (χ4v) is 2.41. The van der Waals surface area contributed by atoms with Gasteiger partial charge in [-0.05, 0) is 44.2 Å². The number of nitrogens with zero attached hydrogens (tertiary/aromatic N) is 2. The Balaban J connectivity index is 2.21. The molecule has 0 fully saturated rings. The molecule has 0 saturated carbocycles. The molecule has 0 saturated heterocycles. The highest BCUT2D eigenvalue weighted by atomic mass is 79.9. The zero-order chi connectivity index (χ0) is 13.8. The Morgan fingerprint density at radius 2 is 2.05 bits per heavy atom. The minimum absolute atomic E-state index is 0.0156. The van der Waals surface area contributed by atoms with Crippen molar-refractivity contribution < 1.29 is 4.39 Å². The van der Waals surface area contributed by atoms with Crippen LogP contribution in [0.1, 0.15) is 23.0 Å². The maximum absolute atomic E-state index is 13.4. The summed E-state index contributed by atoms with van der Waals surface area (Å²) in [7, 11) is 1.86. The van der Waals surface area contributed by atoms with Crippen LogP contribution in [0.2, 0.25) is 0 Å². The Bertz CT molecular complexity index is 537. The third-order valence-electron chi connectivity index (χ3n) is 2.87. The van der Waals surface area contributed by atoms with E-state index in [2.05, 4.69) is 31.2 Å². The van der Waals surface area contributed by atoms with Crippen LogP contribution >= 0.6 is 15.9 Å². The first kappa shape index (κ1) is 14.1. The molecule has 0 amide bonds. The molecule has 100 valence electrons. The molecule has 2 aromatic rings. The molecule has 0 aliphatic rings. The number of hydrogen-bond donors (Lipinski definition) is 1. The SMILES string of the molecule is CNC(Cc1cc(F)cc(Br)c1)c1cnc(C)cn1. The zero-order valence-corrected chi connectivity index (χ0v) is 12.4. The lowest BCUT2D eigenvalue weighted by Crippen LogP contribution is -2.20. The van der Waals surface area contributed by atoms with Gasteiger partial charge in [0.1, 0.15) is 5.82 Å². The lowest BCUT2D eigenvalue weighted by atomic mass is 10.0. The largest absolute Gasteiger partial charge is 0.311 e. The van der Waals surface area contributed by atoms with Crippen LogP contribution < -0.4 is 5.32 Å². The van der Waals surface area contributed by atoms with Gasteiger partial charge in [0, 0.05) is 10.7 Å². The second-order valence-electron chi connectivity index (χ2n) is 4.41. The number of halogens is 2. The quantitative estimate of drug-likeness (QED) is 0.939. The van der Waals surface area contributed by atoms with Crippen molar-refractivity contribution in [2.75, 3.05) is 7.05 Å². The minimum Gasteiger partial charge on any atom is -0.311 e. The molecule has 19 heavy (non-hydrogen) atoms. The van der Waals surface area contributed by atoms with Gasteiger partial charge >= 0.3 is 0 Å². The summed E-state index contributed by atoms with van der Waals surface area (Å²) in [6, 6.07) is 4.91. The predicted molar refractivity (Wildman–Crippen MR) is 76.4 cm³/mol. The number of rotatable bonds is 4. The molecule has 1 atom stereocenters. The van der Waals surface area contributed by atoms with Crippen molar-refractivity contribution in [1.29, 1.82) is 0 Å². The van der Waals surface area contributed by atoms with E-state index in [9.17, 15) is 4.39 Å². The fourth-order valence-electron chi connectivity index (χ4n) is 1.90. The zero-order valence-electron chi connectivity index (χ0n) is 10.8. The second kappa shape index (κ2) is 6.21. The number of nitrogens with one attached hydrogen (secondary N) is 1. The lowest BCUT2D eigenvalue weighted by Gasteiger charge is -2.15. The minimum atomic E-state index is -0.241. The van der Waals surface area contributed by atoms with Crippen LogP contribution in [0.5, 0.6) is 0 Å². The summed E-state index contributed by atoms with van der Waals surface area (Å²) >= 11 is 3.30. The average Bonchev–Trinajstić information content (AvgIpc) is 2.36. The van der Waals surface area contributed by atoms with Crippen molar-refractivity contribution in [3.05, 3.63) is 57.8 Å². The van der Waals surface area contributed by atoms with Gasteiger partial charge in [-0.1, -0.05) is 15.9 Å². The normalized spacial score (nSPS) is 12.4. The Morgan fingerprint density at radius 3 is 2.63 bits per heavy atom. The Labute approximate surface area is 120 Å². The van der Waals surface area contributed by atoms with Crippen molar-refractivity contribution in [3.8, 4) is 0 Å². The highest BCUT2D eigenvalue weighted by Crippen LogP contribution is 2.20. The highest BCUT2D eigenvalue weighted by Gasteiger charge is 2.13. The molecule has 1 unspecified atom stereocenters. The van der Waals surface area contributed by atoms with E-state index in [1.165, 1.54) is 12.1 Å². The van der Waals surface area contributed by atoms with E-state index in [0.717, 1.165) is 21.4 Å². The van der Waals surface area contributed by atoms with Crippen LogP contribution in [-0.4, -0.2) is 17.0 Å². The van der Waals surface area contributed by atoms with Crippen molar-refractivity contribution in [3.63, 3.8) is 0 Å². The molecule has 1 aromatic heterocycles. The maximum atomic E-state index is 13.4.